The van der Waals surface area contributed by atoms with Crippen molar-refractivity contribution in [3.05, 3.63) is 17.5 Å². The highest BCUT2D eigenvalue weighted by Crippen LogP contribution is 2.22. The Bertz CT molecular complexity index is 334. The molecule has 0 unspecified atom stereocenters. The lowest BCUT2D eigenvalue weighted by Crippen LogP contribution is -2.36. The molecule has 1 saturated heterocycles. The molecule has 4 heteroatoms. The zero-order valence-electron chi connectivity index (χ0n) is 11.1. The van der Waals surface area contributed by atoms with E-state index in [0.717, 1.165) is 31.9 Å². The number of likely N-dealkylation sites (tertiary alicyclic amines) is 1. The van der Waals surface area contributed by atoms with Crippen LogP contribution in [0.2, 0.25) is 0 Å². The van der Waals surface area contributed by atoms with Crippen molar-refractivity contribution in [1.82, 2.24) is 14.7 Å². The molecule has 0 bridgehead atoms. The molecular formula is C13H23N3O. The minimum absolute atomic E-state index is 0.584. The van der Waals surface area contributed by atoms with Crippen LogP contribution in [0.4, 0.5) is 0 Å². The Morgan fingerprint density at radius 2 is 2.06 bits per heavy atom. The maximum atomic E-state index is 5.12. The van der Waals surface area contributed by atoms with Crippen LogP contribution in [0.1, 0.15) is 30.1 Å². The van der Waals surface area contributed by atoms with Crippen molar-refractivity contribution in [1.29, 1.82) is 0 Å². The van der Waals surface area contributed by atoms with Gasteiger partial charge in [-0.3, -0.25) is 4.68 Å². The second-order valence-electron chi connectivity index (χ2n) is 4.94. The van der Waals surface area contributed by atoms with Crippen molar-refractivity contribution in [2.24, 2.45) is 0 Å². The lowest BCUT2D eigenvalue weighted by atomic mass is 10.1. The molecular weight excluding hydrogens is 214 g/mol. The Morgan fingerprint density at radius 1 is 1.35 bits per heavy atom. The fourth-order valence-electron chi connectivity index (χ4n) is 2.39. The average Bonchev–Trinajstić information content (AvgIpc) is 2.68. The van der Waals surface area contributed by atoms with Crippen LogP contribution in [0.25, 0.3) is 0 Å². The van der Waals surface area contributed by atoms with E-state index in [4.69, 9.17) is 4.74 Å². The van der Waals surface area contributed by atoms with Crippen molar-refractivity contribution in [3.63, 3.8) is 0 Å². The SMILES string of the molecule is COCCN1CCC(n2cc(C)c(C)n2)CC1. The number of aromatic nitrogens is 2. The molecule has 0 amide bonds. The summed E-state index contributed by atoms with van der Waals surface area (Å²) >= 11 is 0. The fourth-order valence-corrected chi connectivity index (χ4v) is 2.39. The standard InChI is InChI=1S/C13H23N3O/c1-11-10-16(14-12(11)2)13-4-6-15(7-5-13)8-9-17-3/h10,13H,4-9H2,1-3H3. The summed E-state index contributed by atoms with van der Waals surface area (Å²) in [5.74, 6) is 0. The van der Waals surface area contributed by atoms with Crippen molar-refractivity contribution in [2.75, 3.05) is 33.4 Å². The quantitative estimate of drug-likeness (QED) is 0.799. The Hall–Kier alpha value is -0.870. The van der Waals surface area contributed by atoms with Gasteiger partial charge in [-0.05, 0) is 32.3 Å². The summed E-state index contributed by atoms with van der Waals surface area (Å²) in [5, 5.41) is 4.59. The van der Waals surface area contributed by atoms with Crippen LogP contribution in [-0.2, 0) is 4.74 Å². The third kappa shape index (κ3) is 3.07. The van der Waals surface area contributed by atoms with Gasteiger partial charge in [-0.1, -0.05) is 0 Å². The van der Waals surface area contributed by atoms with Crippen molar-refractivity contribution >= 4 is 0 Å². The van der Waals surface area contributed by atoms with Gasteiger partial charge in [-0.15, -0.1) is 0 Å². The highest BCUT2D eigenvalue weighted by atomic mass is 16.5. The van der Waals surface area contributed by atoms with E-state index in [1.807, 2.05) is 0 Å². The molecule has 1 aliphatic rings. The van der Waals surface area contributed by atoms with Gasteiger partial charge in [0.1, 0.15) is 0 Å². The first kappa shape index (κ1) is 12.6. The summed E-state index contributed by atoms with van der Waals surface area (Å²) in [5.41, 5.74) is 2.46. The van der Waals surface area contributed by atoms with Gasteiger partial charge in [0.25, 0.3) is 0 Å². The number of methoxy groups -OCH3 is 1. The summed E-state index contributed by atoms with van der Waals surface area (Å²) < 4.78 is 7.28. The molecule has 0 N–H and O–H groups in total. The normalized spacial score (nSPS) is 18.8. The van der Waals surface area contributed by atoms with E-state index < -0.39 is 0 Å². The summed E-state index contributed by atoms with van der Waals surface area (Å²) in [4.78, 5) is 2.48. The zero-order chi connectivity index (χ0) is 12.3. The molecule has 0 spiro atoms. The van der Waals surface area contributed by atoms with Crippen LogP contribution in [0.3, 0.4) is 0 Å². The minimum Gasteiger partial charge on any atom is -0.383 e. The molecule has 1 aromatic heterocycles. The van der Waals surface area contributed by atoms with Gasteiger partial charge in [0.2, 0.25) is 0 Å². The molecule has 0 aliphatic carbocycles. The topological polar surface area (TPSA) is 30.3 Å². The molecule has 1 fully saturated rings. The lowest BCUT2D eigenvalue weighted by Gasteiger charge is -2.31. The molecule has 96 valence electrons. The summed E-state index contributed by atoms with van der Waals surface area (Å²) in [6.07, 6.45) is 4.58. The number of hydrogen-bond donors (Lipinski definition) is 0. The first-order chi connectivity index (χ1) is 8.20. The van der Waals surface area contributed by atoms with Gasteiger partial charge in [0, 0.05) is 32.9 Å². The third-order valence-electron chi connectivity index (χ3n) is 3.70. The third-order valence-corrected chi connectivity index (χ3v) is 3.70. The zero-order valence-corrected chi connectivity index (χ0v) is 11.1. The maximum Gasteiger partial charge on any atom is 0.0622 e. The molecule has 1 aliphatic heterocycles. The fraction of sp³-hybridized carbons (Fsp3) is 0.769. The van der Waals surface area contributed by atoms with Gasteiger partial charge in [0.15, 0.2) is 0 Å². The van der Waals surface area contributed by atoms with E-state index in [9.17, 15) is 0 Å². The smallest absolute Gasteiger partial charge is 0.0622 e. The summed E-state index contributed by atoms with van der Waals surface area (Å²) in [7, 11) is 1.77. The first-order valence-electron chi connectivity index (χ1n) is 6.44. The molecule has 0 radical (unpaired) electrons. The molecule has 0 saturated carbocycles. The number of rotatable bonds is 4. The Balaban J connectivity index is 1.86. The first-order valence-corrected chi connectivity index (χ1v) is 6.44. The van der Waals surface area contributed by atoms with Crippen LogP contribution in [-0.4, -0.2) is 48.0 Å². The summed E-state index contributed by atoms with van der Waals surface area (Å²) in [6.45, 7) is 8.43. The van der Waals surface area contributed by atoms with Crippen molar-refractivity contribution < 1.29 is 4.74 Å². The minimum atomic E-state index is 0.584. The average molecular weight is 237 g/mol. The van der Waals surface area contributed by atoms with E-state index in [-0.39, 0.29) is 0 Å². The molecule has 17 heavy (non-hydrogen) atoms. The van der Waals surface area contributed by atoms with Crippen LogP contribution in [0.5, 0.6) is 0 Å². The molecule has 4 nitrogen and oxygen atoms in total. The van der Waals surface area contributed by atoms with E-state index in [1.165, 1.54) is 18.4 Å². The van der Waals surface area contributed by atoms with Gasteiger partial charge < -0.3 is 9.64 Å². The lowest BCUT2D eigenvalue weighted by molar-refractivity contribution is 0.119. The second-order valence-corrected chi connectivity index (χ2v) is 4.94. The Kier molecular flexibility index (Phi) is 4.18. The monoisotopic (exact) mass is 237 g/mol. The Labute approximate surface area is 104 Å². The van der Waals surface area contributed by atoms with E-state index in [1.54, 1.807) is 7.11 Å². The number of piperidine rings is 1. The van der Waals surface area contributed by atoms with E-state index in [0.29, 0.717) is 6.04 Å². The number of ether oxygens (including phenoxy) is 1. The highest BCUT2D eigenvalue weighted by molar-refractivity contribution is 5.12. The van der Waals surface area contributed by atoms with Gasteiger partial charge in [-0.2, -0.15) is 5.10 Å². The van der Waals surface area contributed by atoms with Crippen molar-refractivity contribution in [2.45, 2.75) is 32.7 Å². The molecule has 0 aromatic carbocycles. The van der Waals surface area contributed by atoms with Gasteiger partial charge >= 0.3 is 0 Å². The molecule has 2 heterocycles. The van der Waals surface area contributed by atoms with Gasteiger partial charge in [0.05, 0.1) is 18.3 Å². The predicted molar refractivity (Wildman–Crippen MR) is 68.3 cm³/mol. The van der Waals surface area contributed by atoms with E-state index >= 15 is 0 Å². The maximum absolute atomic E-state index is 5.12. The molecule has 1 aromatic rings. The Morgan fingerprint density at radius 3 is 2.59 bits per heavy atom. The van der Waals surface area contributed by atoms with Crippen LogP contribution in [0, 0.1) is 13.8 Å². The van der Waals surface area contributed by atoms with Crippen LogP contribution in [0.15, 0.2) is 6.20 Å². The predicted octanol–water partition coefficient (Wildman–Crippen LogP) is 1.78. The van der Waals surface area contributed by atoms with Crippen LogP contribution < -0.4 is 0 Å². The highest BCUT2D eigenvalue weighted by Gasteiger charge is 2.21. The van der Waals surface area contributed by atoms with Crippen LogP contribution >= 0.6 is 0 Å². The molecule has 0 atom stereocenters. The van der Waals surface area contributed by atoms with E-state index in [2.05, 4.69) is 34.7 Å². The largest absolute Gasteiger partial charge is 0.383 e. The number of nitrogens with zero attached hydrogens (tertiary/aromatic N) is 3. The van der Waals surface area contributed by atoms with Gasteiger partial charge in [-0.25, -0.2) is 0 Å². The second kappa shape index (κ2) is 5.65. The number of aryl methyl sites for hydroxylation is 2. The molecule has 2 rings (SSSR count). The number of hydrogen-bond acceptors (Lipinski definition) is 3. The summed E-state index contributed by atoms with van der Waals surface area (Å²) in [6, 6.07) is 0.584. The van der Waals surface area contributed by atoms with Crippen molar-refractivity contribution in [3.8, 4) is 0 Å².